The Morgan fingerprint density at radius 1 is 1.13 bits per heavy atom. The molecule has 1 aliphatic rings. The van der Waals surface area contributed by atoms with E-state index in [1.165, 1.54) is 19.1 Å². The standard InChI is InChI=1S/C22H17BrClN3O4/c1-30-21(28)18-17(12-6-4-3-5-7-12)14(11-25)20(26)27(19(18)22(29)31-2)16-9-8-13(24)10-15(16)23/h3-10,17H,26H2,1-2H3. The van der Waals surface area contributed by atoms with Crippen LogP contribution in [-0.2, 0) is 19.1 Å². The van der Waals surface area contributed by atoms with Crippen molar-refractivity contribution >= 4 is 45.2 Å². The van der Waals surface area contributed by atoms with Gasteiger partial charge in [-0.3, -0.25) is 4.90 Å². The van der Waals surface area contributed by atoms with Crippen LogP contribution in [0.15, 0.2) is 75.7 Å². The third-order valence-corrected chi connectivity index (χ3v) is 5.63. The number of nitrogens with two attached hydrogens (primary N) is 1. The molecule has 0 saturated carbocycles. The first-order chi connectivity index (χ1) is 14.8. The smallest absolute Gasteiger partial charge is 0.355 e. The summed E-state index contributed by atoms with van der Waals surface area (Å²) in [6.07, 6.45) is 0. The van der Waals surface area contributed by atoms with E-state index in [0.29, 0.717) is 20.7 Å². The Kier molecular flexibility index (Phi) is 6.68. The van der Waals surface area contributed by atoms with Crippen molar-refractivity contribution in [3.63, 3.8) is 0 Å². The molecule has 0 fully saturated rings. The molecule has 2 aromatic carbocycles. The number of ether oxygens (including phenoxy) is 2. The monoisotopic (exact) mass is 501 g/mol. The van der Waals surface area contributed by atoms with Crippen molar-refractivity contribution in [2.24, 2.45) is 5.73 Å². The fraction of sp³-hybridized carbons (Fsp3) is 0.136. The van der Waals surface area contributed by atoms with Gasteiger partial charge in [0.1, 0.15) is 11.5 Å². The number of anilines is 1. The lowest BCUT2D eigenvalue weighted by Crippen LogP contribution is -2.40. The zero-order valence-corrected chi connectivity index (χ0v) is 18.9. The number of allylic oxidation sites excluding steroid dienone is 1. The van der Waals surface area contributed by atoms with Crippen LogP contribution in [0.4, 0.5) is 5.69 Å². The summed E-state index contributed by atoms with van der Waals surface area (Å²) in [6.45, 7) is 0. The van der Waals surface area contributed by atoms with Crippen LogP contribution in [0.5, 0.6) is 0 Å². The third-order valence-electron chi connectivity index (χ3n) is 4.76. The molecule has 0 aliphatic carbocycles. The summed E-state index contributed by atoms with van der Waals surface area (Å²) < 4.78 is 10.5. The second-order valence-electron chi connectivity index (χ2n) is 6.43. The molecule has 1 atom stereocenters. The number of nitriles is 1. The van der Waals surface area contributed by atoms with E-state index >= 15 is 0 Å². The van der Waals surface area contributed by atoms with Crippen molar-refractivity contribution in [1.82, 2.24) is 0 Å². The first kappa shape index (κ1) is 22.4. The van der Waals surface area contributed by atoms with Crippen LogP contribution in [0.25, 0.3) is 0 Å². The number of rotatable bonds is 4. The highest BCUT2D eigenvalue weighted by molar-refractivity contribution is 9.10. The highest BCUT2D eigenvalue weighted by Crippen LogP contribution is 2.44. The SMILES string of the molecule is COC(=O)C1=C(C(=O)OC)N(c2ccc(Cl)cc2Br)C(N)=C(C#N)C1c1ccccc1. The van der Waals surface area contributed by atoms with Crippen LogP contribution in [0.1, 0.15) is 11.5 Å². The van der Waals surface area contributed by atoms with Crippen LogP contribution in [0.2, 0.25) is 5.02 Å². The van der Waals surface area contributed by atoms with E-state index in [-0.39, 0.29) is 22.7 Å². The largest absolute Gasteiger partial charge is 0.466 e. The molecule has 1 unspecified atom stereocenters. The van der Waals surface area contributed by atoms with Crippen molar-refractivity contribution in [2.45, 2.75) is 5.92 Å². The first-order valence-corrected chi connectivity index (χ1v) is 10.1. The number of carbonyl (C=O) groups excluding carboxylic acids is 2. The van der Waals surface area contributed by atoms with Gasteiger partial charge in [-0.2, -0.15) is 5.26 Å². The van der Waals surface area contributed by atoms with Gasteiger partial charge < -0.3 is 15.2 Å². The Labute approximate surface area is 192 Å². The maximum absolute atomic E-state index is 12.9. The van der Waals surface area contributed by atoms with E-state index in [0.717, 1.165) is 0 Å². The summed E-state index contributed by atoms with van der Waals surface area (Å²) >= 11 is 9.46. The van der Waals surface area contributed by atoms with Gasteiger partial charge in [-0.25, -0.2) is 9.59 Å². The summed E-state index contributed by atoms with van der Waals surface area (Å²) in [5.74, 6) is -2.55. The van der Waals surface area contributed by atoms with E-state index in [9.17, 15) is 14.9 Å². The molecule has 0 amide bonds. The lowest BCUT2D eigenvalue weighted by Gasteiger charge is -2.36. The number of benzene rings is 2. The van der Waals surface area contributed by atoms with Crippen LogP contribution in [0.3, 0.4) is 0 Å². The predicted octanol–water partition coefficient (Wildman–Crippen LogP) is 4.00. The molecule has 158 valence electrons. The quantitative estimate of drug-likeness (QED) is 0.630. The Morgan fingerprint density at radius 3 is 2.32 bits per heavy atom. The fourth-order valence-electron chi connectivity index (χ4n) is 3.43. The molecule has 31 heavy (non-hydrogen) atoms. The third kappa shape index (κ3) is 4.02. The van der Waals surface area contributed by atoms with E-state index in [1.54, 1.807) is 48.5 Å². The first-order valence-electron chi connectivity index (χ1n) is 8.96. The normalized spacial score (nSPS) is 16.1. The number of hydrogen-bond donors (Lipinski definition) is 1. The molecule has 1 heterocycles. The summed E-state index contributed by atoms with van der Waals surface area (Å²) in [5.41, 5.74) is 7.28. The van der Waals surface area contributed by atoms with Gasteiger partial charge in [0.2, 0.25) is 0 Å². The van der Waals surface area contributed by atoms with Gasteiger partial charge in [0.25, 0.3) is 0 Å². The minimum atomic E-state index is -0.921. The van der Waals surface area contributed by atoms with Crippen LogP contribution in [0, 0.1) is 11.3 Å². The van der Waals surface area contributed by atoms with Gasteiger partial charge >= 0.3 is 11.9 Å². The number of carbonyl (C=O) groups is 2. The maximum Gasteiger partial charge on any atom is 0.355 e. The van der Waals surface area contributed by atoms with Gasteiger partial charge in [0.05, 0.1) is 43.0 Å². The Morgan fingerprint density at radius 2 is 1.77 bits per heavy atom. The lowest BCUT2D eigenvalue weighted by molar-refractivity contribution is -0.139. The van der Waals surface area contributed by atoms with E-state index in [4.69, 9.17) is 26.8 Å². The Bertz CT molecular complexity index is 1160. The van der Waals surface area contributed by atoms with E-state index in [1.807, 2.05) is 0 Å². The van der Waals surface area contributed by atoms with Gasteiger partial charge in [-0.1, -0.05) is 41.9 Å². The predicted molar refractivity (Wildman–Crippen MR) is 119 cm³/mol. The number of esters is 2. The van der Waals surface area contributed by atoms with E-state index in [2.05, 4.69) is 22.0 Å². The summed E-state index contributed by atoms with van der Waals surface area (Å²) in [7, 11) is 2.39. The average molecular weight is 503 g/mol. The molecule has 2 N–H and O–H groups in total. The molecule has 2 aromatic rings. The summed E-state index contributed by atoms with van der Waals surface area (Å²) in [5, 5.41) is 10.4. The van der Waals surface area contributed by atoms with Gasteiger partial charge in [0.15, 0.2) is 0 Å². The lowest BCUT2D eigenvalue weighted by atomic mass is 9.81. The summed E-state index contributed by atoms with van der Waals surface area (Å²) in [6, 6.07) is 15.7. The number of methoxy groups -OCH3 is 2. The Balaban J connectivity index is 2.43. The highest BCUT2D eigenvalue weighted by atomic mass is 79.9. The molecule has 0 radical (unpaired) electrons. The zero-order valence-electron chi connectivity index (χ0n) is 16.6. The van der Waals surface area contributed by atoms with Crippen LogP contribution in [-0.4, -0.2) is 26.2 Å². The zero-order chi connectivity index (χ0) is 22.7. The molecule has 0 saturated heterocycles. The van der Waals surface area contributed by atoms with Crippen molar-refractivity contribution in [3.8, 4) is 6.07 Å². The topological polar surface area (TPSA) is 106 Å². The van der Waals surface area contributed by atoms with Crippen molar-refractivity contribution in [1.29, 1.82) is 5.26 Å². The molecule has 9 heteroatoms. The Hall–Kier alpha value is -3.28. The minimum Gasteiger partial charge on any atom is -0.466 e. The van der Waals surface area contributed by atoms with Crippen LogP contribution >= 0.6 is 27.5 Å². The molecular formula is C22H17BrClN3O4. The number of nitrogens with zero attached hydrogens (tertiary/aromatic N) is 2. The van der Waals surface area contributed by atoms with Gasteiger partial charge in [-0.15, -0.1) is 0 Å². The second-order valence-corrected chi connectivity index (χ2v) is 7.72. The maximum atomic E-state index is 12.9. The fourth-order valence-corrected chi connectivity index (χ4v) is 4.29. The minimum absolute atomic E-state index is 0.0209. The van der Waals surface area contributed by atoms with Crippen molar-refractivity contribution < 1.29 is 19.1 Å². The highest BCUT2D eigenvalue weighted by Gasteiger charge is 2.43. The van der Waals surface area contributed by atoms with Crippen molar-refractivity contribution in [2.75, 3.05) is 19.1 Å². The molecule has 0 spiro atoms. The number of halogens is 2. The number of hydrogen-bond acceptors (Lipinski definition) is 7. The van der Waals surface area contributed by atoms with Gasteiger partial charge in [-0.05, 0) is 39.7 Å². The second kappa shape index (κ2) is 9.25. The molecule has 7 nitrogen and oxygen atoms in total. The van der Waals surface area contributed by atoms with E-state index < -0.39 is 17.9 Å². The molecular weight excluding hydrogens is 486 g/mol. The molecule has 1 aliphatic heterocycles. The summed E-state index contributed by atoms with van der Waals surface area (Å²) in [4.78, 5) is 27.2. The van der Waals surface area contributed by atoms with Crippen LogP contribution < -0.4 is 10.6 Å². The van der Waals surface area contributed by atoms with Crippen molar-refractivity contribution in [3.05, 3.63) is 86.3 Å². The van der Waals surface area contributed by atoms with Gasteiger partial charge in [0, 0.05) is 9.50 Å². The molecule has 0 aromatic heterocycles. The average Bonchev–Trinajstić information content (AvgIpc) is 2.78. The molecule has 0 bridgehead atoms. The molecule has 3 rings (SSSR count).